The van der Waals surface area contributed by atoms with Crippen LogP contribution in [0.1, 0.15) is 49.9 Å². The van der Waals surface area contributed by atoms with Crippen molar-refractivity contribution in [2.24, 2.45) is 0 Å². The van der Waals surface area contributed by atoms with E-state index in [1.165, 1.54) is 61.6 Å². The van der Waals surface area contributed by atoms with Crippen LogP contribution in [-0.4, -0.2) is 7.05 Å². The van der Waals surface area contributed by atoms with Crippen LogP contribution in [0, 0.1) is 0 Å². The van der Waals surface area contributed by atoms with Crippen LogP contribution < -0.4 is 9.80 Å². The molecule has 0 atom stereocenters. The van der Waals surface area contributed by atoms with Crippen LogP contribution in [0.3, 0.4) is 0 Å². The highest BCUT2D eigenvalue weighted by atomic mass is 15.1. The maximum absolute atomic E-state index is 2.41. The summed E-state index contributed by atoms with van der Waals surface area (Å²) in [6.45, 7) is 9.44. The van der Waals surface area contributed by atoms with Crippen molar-refractivity contribution in [3.8, 4) is 22.3 Å². The number of benzene rings is 6. The summed E-state index contributed by atoms with van der Waals surface area (Å²) in [5.41, 5.74) is 16.7. The van der Waals surface area contributed by atoms with Gasteiger partial charge in [0, 0.05) is 46.3 Å². The van der Waals surface area contributed by atoms with E-state index >= 15 is 0 Å². The lowest BCUT2D eigenvalue weighted by Gasteiger charge is -2.28. The van der Waals surface area contributed by atoms with Gasteiger partial charge < -0.3 is 9.80 Å². The molecular formula is C43H38N2. The van der Waals surface area contributed by atoms with Crippen molar-refractivity contribution in [2.75, 3.05) is 16.8 Å². The maximum atomic E-state index is 2.41. The zero-order chi connectivity index (χ0) is 30.9. The van der Waals surface area contributed by atoms with E-state index in [-0.39, 0.29) is 10.8 Å². The fraction of sp³-hybridized carbons (Fsp3) is 0.163. The first-order valence-corrected chi connectivity index (χ1v) is 15.9. The fourth-order valence-corrected chi connectivity index (χ4v) is 7.71. The molecule has 6 aromatic rings. The third-order valence-corrected chi connectivity index (χ3v) is 10.3. The van der Waals surface area contributed by atoms with Crippen LogP contribution >= 0.6 is 0 Å². The minimum atomic E-state index is -0.141. The Morgan fingerprint density at radius 3 is 1.24 bits per heavy atom. The lowest BCUT2D eigenvalue weighted by molar-refractivity contribution is 0.660. The SMILES string of the molecule is CN(c1ccc2c(c1)C(C)(C)c1ccccc1-2)c1ccc2c(c1)C(C)(C)c1cc(N(c3ccccc3)c3ccccc3)ccc1-2. The standard InChI is InChI=1S/C43H38N2/c1-42(2)38-19-13-12-18-34(38)35-23-20-31(26-39(35)42)44(5)32-21-24-36-37-25-22-33(28-41(37)43(3,4)40(36)27-32)45(29-14-8-6-9-15-29)30-16-10-7-11-17-30/h6-28H,1-5H3. The molecule has 0 radical (unpaired) electrons. The lowest BCUT2D eigenvalue weighted by atomic mass is 9.82. The van der Waals surface area contributed by atoms with Gasteiger partial charge in [0.2, 0.25) is 0 Å². The third-order valence-electron chi connectivity index (χ3n) is 10.3. The number of nitrogens with zero attached hydrogens (tertiary/aromatic N) is 2. The molecular weight excluding hydrogens is 544 g/mol. The number of hydrogen-bond donors (Lipinski definition) is 0. The molecule has 0 N–H and O–H groups in total. The van der Waals surface area contributed by atoms with Crippen LogP contribution in [0.25, 0.3) is 22.3 Å². The molecule has 220 valence electrons. The van der Waals surface area contributed by atoms with Crippen molar-refractivity contribution in [3.63, 3.8) is 0 Å². The molecule has 8 rings (SSSR count). The van der Waals surface area contributed by atoms with Gasteiger partial charge in [0.15, 0.2) is 0 Å². The summed E-state index contributed by atoms with van der Waals surface area (Å²) < 4.78 is 0. The number of para-hydroxylation sites is 2. The molecule has 0 saturated heterocycles. The summed E-state index contributed by atoms with van der Waals surface area (Å²) >= 11 is 0. The molecule has 6 aromatic carbocycles. The highest BCUT2D eigenvalue weighted by Gasteiger charge is 2.37. The average Bonchev–Trinajstić information content (AvgIpc) is 3.44. The Bertz CT molecular complexity index is 2030. The van der Waals surface area contributed by atoms with Crippen LogP contribution in [0.2, 0.25) is 0 Å². The molecule has 0 amide bonds. The lowest BCUT2D eigenvalue weighted by Crippen LogP contribution is -2.18. The average molecular weight is 583 g/mol. The van der Waals surface area contributed by atoms with Crippen LogP contribution in [0.15, 0.2) is 140 Å². The van der Waals surface area contributed by atoms with Crippen molar-refractivity contribution >= 4 is 28.4 Å². The first-order valence-electron chi connectivity index (χ1n) is 15.9. The highest BCUT2D eigenvalue weighted by molar-refractivity contribution is 5.88. The molecule has 2 nitrogen and oxygen atoms in total. The quantitative estimate of drug-likeness (QED) is 0.199. The zero-order valence-corrected chi connectivity index (χ0v) is 26.7. The number of fused-ring (bicyclic) bond motifs is 6. The third kappa shape index (κ3) is 4.16. The van der Waals surface area contributed by atoms with E-state index in [1.54, 1.807) is 0 Å². The Hall–Kier alpha value is -5.08. The normalized spacial score (nSPS) is 14.7. The van der Waals surface area contributed by atoms with E-state index in [1.807, 2.05) is 0 Å². The van der Waals surface area contributed by atoms with Crippen molar-refractivity contribution in [3.05, 3.63) is 162 Å². The molecule has 0 bridgehead atoms. The minimum absolute atomic E-state index is 0.0184. The number of anilines is 5. The van der Waals surface area contributed by atoms with Crippen molar-refractivity contribution in [1.82, 2.24) is 0 Å². The van der Waals surface area contributed by atoms with Gasteiger partial charge in [0.05, 0.1) is 0 Å². The van der Waals surface area contributed by atoms with Crippen LogP contribution in [-0.2, 0) is 10.8 Å². The minimum Gasteiger partial charge on any atom is -0.345 e. The predicted molar refractivity (Wildman–Crippen MR) is 191 cm³/mol. The second kappa shape index (κ2) is 9.97. The Morgan fingerprint density at radius 1 is 0.356 bits per heavy atom. The van der Waals surface area contributed by atoms with Crippen molar-refractivity contribution in [2.45, 2.75) is 38.5 Å². The molecule has 0 heterocycles. The van der Waals surface area contributed by atoms with Crippen molar-refractivity contribution < 1.29 is 0 Å². The summed E-state index contributed by atoms with van der Waals surface area (Å²) in [6.07, 6.45) is 0. The fourth-order valence-electron chi connectivity index (χ4n) is 7.71. The summed E-state index contributed by atoms with van der Waals surface area (Å²) in [7, 11) is 2.20. The first-order chi connectivity index (χ1) is 21.7. The van der Waals surface area contributed by atoms with Gasteiger partial charge in [-0.25, -0.2) is 0 Å². The zero-order valence-electron chi connectivity index (χ0n) is 26.7. The van der Waals surface area contributed by atoms with Gasteiger partial charge in [-0.05, 0) is 105 Å². The van der Waals surface area contributed by atoms with Crippen LogP contribution in [0.4, 0.5) is 28.4 Å². The molecule has 0 spiro atoms. The molecule has 2 aliphatic carbocycles. The van der Waals surface area contributed by atoms with E-state index < -0.39 is 0 Å². The van der Waals surface area contributed by atoms with Gasteiger partial charge in [0.25, 0.3) is 0 Å². The number of rotatable bonds is 5. The van der Waals surface area contributed by atoms with Gasteiger partial charge in [-0.1, -0.05) is 107 Å². The van der Waals surface area contributed by atoms with Gasteiger partial charge >= 0.3 is 0 Å². The van der Waals surface area contributed by atoms with Gasteiger partial charge in [-0.2, -0.15) is 0 Å². The first kappa shape index (κ1) is 27.5. The molecule has 0 fully saturated rings. The number of hydrogen-bond acceptors (Lipinski definition) is 2. The van der Waals surface area contributed by atoms with E-state index in [0.717, 1.165) is 11.4 Å². The molecule has 0 aromatic heterocycles. The smallest absolute Gasteiger partial charge is 0.0465 e. The Labute approximate surface area is 267 Å². The summed E-state index contributed by atoms with van der Waals surface area (Å²) in [5, 5.41) is 0. The largest absolute Gasteiger partial charge is 0.345 e. The molecule has 2 heteroatoms. The highest BCUT2D eigenvalue weighted by Crippen LogP contribution is 2.53. The molecule has 2 aliphatic rings. The second-order valence-electron chi connectivity index (χ2n) is 13.6. The Balaban J connectivity index is 1.16. The van der Waals surface area contributed by atoms with E-state index in [4.69, 9.17) is 0 Å². The molecule has 0 saturated carbocycles. The van der Waals surface area contributed by atoms with Crippen LogP contribution in [0.5, 0.6) is 0 Å². The van der Waals surface area contributed by atoms with Gasteiger partial charge in [0.1, 0.15) is 0 Å². The summed E-state index contributed by atoms with van der Waals surface area (Å²) in [6, 6.07) is 51.2. The van der Waals surface area contributed by atoms with Crippen molar-refractivity contribution in [1.29, 1.82) is 0 Å². The topological polar surface area (TPSA) is 6.48 Å². The molecule has 45 heavy (non-hydrogen) atoms. The summed E-state index contributed by atoms with van der Waals surface area (Å²) in [5.74, 6) is 0. The Kier molecular flexibility index (Phi) is 6.09. The van der Waals surface area contributed by atoms with E-state index in [0.29, 0.717) is 0 Å². The molecule has 0 aliphatic heterocycles. The van der Waals surface area contributed by atoms with Gasteiger partial charge in [-0.15, -0.1) is 0 Å². The maximum Gasteiger partial charge on any atom is 0.0465 e. The molecule has 0 unspecified atom stereocenters. The van der Waals surface area contributed by atoms with E-state index in [9.17, 15) is 0 Å². The second-order valence-corrected chi connectivity index (χ2v) is 13.6. The predicted octanol–water partition coefficient (Wildman–Crippen LogP) is 11.5. The monoisotopic (exact) mass is 582 g/mol. The Morgan fingerprint density at radius 2 is 0.733 bits per heavy atom. The van der Waals surface area contributed by atoms with Gasteiger partial charge in [-0.3, -0.25) is 0 Å². The van der Waals surface area contributed by atoms with E-state index in [2.05, 4.69) is 184 Å². The summed E-state index contributed by atoms with van der Waals surface area (Å²) in [4.78, 5) is 4.70.